The minimum absolute atomic E-state index is 0.00626. The van der Waals surface area contributed by atoms with Crippen molar-refractivity contribution in [3.63, 3.8) is 0 Å². The number of carbonyl (C=O) groups excluding carboxylic acids is 2. The fraction of sp³-hybridized carbons (Fsp3) is 0.263. The molecule has 1 heterocycles. The molecule has 0 spiro atoms. The largest absolute Gasteiger partial charge is 0.383 e. The van der Waals surface area contributed by atoms with E-state index in [4.69, 9.17) is 11.6 Å². The predicted octanol–water partition coefficient (Wildman–Crippen LogP) is 3.22. The molecule has 146 valence electrons. The smallest absolute Gasteiger partial charge is 0.269 e. The van der Waals surface area contributed by atoms with E-state index in [0.29, 0.717) is 42.3 Å². The summed E-state index contributed by atoms with van der Waals surface area (Å²) in [5, 5.41) is 16.9. The van der Waals surface area contributed by atoms with Crippen LogP contribution in [0.1, 0.15) is 23.2 Å². The van der Waals surface area contributed by atoms with Gasteiger partial charge in [0.05, 0.1) is 15.6 Å². The van der Waals surface area contributed by atoms with E-state index >= 15 is 0 Å². The third-order valence-corrected chi connectivity index (χ3v) is 4.71. The maximum Gasteiger partial charge on any atom is 0.269 e. The SMILES string of the molecule is O=C(NCCNc1ccc([N+](=O)[O-])cc1)c1ccc(Cl)c(N2CCCC2=O)c1. The average molecular weight is 403 g/mol. The van der Waals surface area contributed by atoms with Crippen LogP contribution in [0.25, 0.3) is 0 Å². The quantitative estimate of drug-likeness (QED) is 0.420. The van der Waals surface area contributed by atoms with Crippen molar-refractivity contribution in [2.75, 3.05) is 29.9 Å². The van der Waals surface area contributed by atoms with E-state index in [1.54, 1.807) is 35.2 Å². The summed E-state index contributed by atoms with van der Waals surface area (Å²) in [6.07, 6.45) is 1.26. The van der Waals surface area contributed by atoms with E-state index < -0.39 is 4.92 Å². The molecule has 0 atom stereocenters. The second kappa shape index (κ2) is 8.71. The highest BCUT2D eigenvalue weighted by Crippen LogP contribution is 2.30. The number of carbonyl (C=O) groups is 2. The number of halogens is 1. The van der Waals surface area contributed by atoms with Gasteiger partial charge in [0.1, 0.15) is 0 Å². The number of hydrogen-bond acceptors (Lipinski definition) is 5. The fourth-order valence-electron chi connectivity index (χ4n) is 2.95. The lowest BCUT2D eigenvalue weighted by molar-refractivity contribution is -0.384. The van der Waals surface area contributed by atoms with Gasteiger partial charge in [-0.1, -0.05) is 11.6 Å². The van der Waals surface area contributed by atoms with Crippen LogP contribution in [0.15, 0.2) is 42.5 Å². The molecule has 2 N–H and O–H groups in total. The minimum atomic E-state index is -0.458. The number of hydrogen-bond donors (Lipinski definition) is 2. The standard InChI is InChI=1S/C19H19ClN4O4/c20-16-8-3-13(12-17(16)23-11-1-2-18(23)25)19(26)22-10-9-21-14-4-6-15(7-5-14)24(27)28/h3-8,12,21H,1-2,9-11H2,(H,22,26). The van der Waals surface area contributed by atoms with Crippen molar-refractivity contribution in [1.29, 1.82) is 0 Å². The summed E-state index contributed by atoms with van der Waals surface area (Å²) >= 11 is 6.19. The van der Waals surface area contributed by atoms with Gasteiger partial charge in [0.25, 0.3) is 11.6 Å². The molecule has 28 heavy (non-hydrogen) atoms. The molecule has 1 saturated heterocycles. The lowest BCUT2D eigenvalue weighted by Gasteiger charge is -2.18. The summed E-state index contributed by atoms with van der Waals surface area (Å²) in [5.74, 6) is -0.262. The normalized spacial score (nSPS) is 13.5. The van der Waals surface area contributed by atoms with Crippen LogP contribution < -0.4 is 15.5 Å². The molecule has 2 aromatic carbocycles. The first-order valence-electron chi connectivity index (χ1n) is 8.82. The number of nitrogens with zero attached hydrogens (tertiary/aromatic N) is 2. The number of non-ortho nitro benzene ring substituents is 1. The lowest BCUT2D eigenvalue weighted by Crippen LogP contribution is -2.29. The second-order valence-corrected chi connectivity index (χ2v) is 6.71. The maximum atomic E-state index is 12.4. The zero-order chi connectivity index (χ0) is 20.1. The van der Waals surface area contributed by atoms with Gasteiger partial charge in [-0.05, 0) is 36.8 Å². The molecule has 2 amide bonds. The first kappa shape index (κ1) is 19.6. The lowest BCUT2D eigenvalue weighted by atomic mass is 10.1. The number of amides is 2. The van der Waals surface area contributed by atoms with E-state index in [1.807, 2.05) is 0 Å². The van der Waals surface area contributed by atoms with E-state index in [1.165, 1.54) is 12.1 Å². The Hall–Kier alpha value is -3.13. The molecule has 0 saturated carbocycles. The van der Waals surface area contributed by atoms with E-state index in [-0.39, 0.29) is 17.5 Å². The molecule has 1 aliphatic heterocycles. The van der Waals surface area contributed by atoms with Crippen LogP contribution in [0.3, 0.4) is 0 Å². The Morgan fingerprint density at radius 1 is 1.18 bits per heavy atom. The van der Waals surface area contributed by atoms with Gasteiger partial charge in [0, 0.05) is 49.4 Å². The van der Waals surface area contributed by atoms with E-state index in [9.17, 15) is 19.7 Å². The fourth-order valence-corrected chi connectivity index (χ4v) is 3.17. The molecule has 8 nitrogen and oxygen atoms in total. The van der Waals surface area contributed by atoms with Gasteiger partial charge in [-0.3, -0.25) is 19.7 Å². The zero-order valence-corrected chi connectivity index (χ0v) is 15.7. The van der Waals surface area contributed by atoms with Crippen molar-refractivity contribution in [2.24, 2.45) is 0 Å². The van der Waals surface area contributed by atoms with Gasteiger partial charge in [-0.25, -0.2) is 0 Å². The van der Waals surface area contributed by atoms with Crippen molar-refractivity contribution in [3.8, 4) is 0 Å². The highest BCUT2D eigenvalue weighted by Gasteiger charge is 2.24. The molecule has 0 unspecified atom stereocenters. The van der Waals surface area contributed by atoms with Crippen LogP contribution in [0, 0.1) is 10.1 Å². The third kappa shape index (κ3) is 4.58. The molecular weight excluding hydrogens is 384 g/mol. The van der Waals surface area contributed by atoms with E-state index in [2.05, 4.69) is 10.6 Å². The molecule has 1 fully saturated rings. The molecular formula is C19H19ClN4O4. The topological polar surface area (TPSA) is 105 Å². The Labute approximate surface area is 166 Å². The monoisotopic (exact) mass is 402 g/mol. The molecule has 9 heteroatoms. The molecule has 0 aromatic heterocycles. The highest BCUT2D eigenvalue weighted by molar-refractivity contribution is 6.34. The van der Waals surface area contributed by atoms with Crippen LogP contribution in [0.2, 0.25) is 5.02 Å². The molecule has 0 aliphatic carbocycles. The van der Waals surface area contributed by atoms with Crippen molar-refractivity contribution in [3.05, 3.63) is 63.2 Å². The summed E-state index contributed by atoms with van der Waals surface area (Å²) in [5.41, 5.74) is 1.73. The van der Waals surface area contributed by atoms with Crippen molar-refractivity contribution < 1.29 is 14.5 Å². The van der Waals surface area contributed by atoms with Crippen molar-refractivity contribution >= 4 is 40.5 Å². The molecule has 0 bridgehead atoms. The van der Waals surface area contributed by atoms with Gasteiger partial charge in [0.2, 0.25) is 5.91 Å². The molecule has 3 rings (SSSR count). The Kier molecular flexibility index (Phi) is 6.10. The minimum Gasteiger partial charge on any atom is -0.383 e. The zero-order valence-electron chi connectivity index (χ0n) is 15.0. The van der Waals surface area contributed by atoms with Gasteiger partial charge in [-0.2, -0.15) is 0 Å². The summed E-state index contributed by atoms with van der Waals surface area (Å²) in [4.78, 5) is 36.1. The Bertz CT molecular complexity index is 901. The van der Waals surface area contributed by atoms with Gasteiger partial charge >= 0.3 is 0 Å². The summed E-state index contributed by atoms with van der Waals surface area (Å²) in [6.45, 7) is 1.41. The van der Waals surface area contributed by atoms with Gasteiger partial charge in [-0.15, -0.1) is 0 Å². The molecule has 0 radical (unpaired) electrons. The molecule has 1 aliphatic rings. The van der Waals surface area contributed by atoms with Crippen LogP contribution in [-0.2, 0) is 4.79 Å². The predicted molar refractivity (Wildman–Crippen MR) is 107 cm³/mol. The van der Waals surface area contributed by atoms with Crippen molar-refractivity contribution in [1.82, 2.24) is 5.32 Å². The first-order valence-corrected chi connectivity index (χ1v) is 9.20. The number of nitro benzene ring substituents is 1. The van der Waals surface area contributed by atoms with Crippen LogP contribution in [-0.4, -0.2) is 36.4 Å². The number of anilines is 2. The number of nitrogens with one attached hydrogen (secondary N) is 2. The Morgan fingerprint density at radius 3 is 2.57 bits per heavy atom. The number of nitro groups is 1. The van der Waals surface area contributed by atoms with Crippen LogP contribution in [0.4, 0.5) is 17.1 Å². The van der Waals surface area contributed by atoms with E-state index in [0.717, 1.165) is 12.1 Å². The highest BCUT2D eigenvalue weighted by atomic mass is 35.5. The van der Waals surface area contributed by atoms with Gasteiger partial charge < -0.3 is 15.5 Å². The summed E-state index contributed by atoms with van der Waals surface area (Å²) < 4.78 is 0. The average Bonchev–Trinajstić information content (AvgIpc) is 3.11. The van der Waals surface area contributed by atoms with Crippen LogP contribution >= 0.6 is 11.6 Å². The first-order chi connectivity index (χ1) is 13.5. The Morgan fingerprint density at radius 2 is 1.93 bits per heavy atom. The van der Waals surface area contributed by atoms with Crippen LogP contribution in [0.5, 0.6) is 0 Å². The number of benzene rings is 2. The summed E-state index contributed by atoms with van der Waals surface area (Å²) in [6, 6.07) is 10.9. The summed E-state index contributed by atoms with van der Waals surface area (Å²) in [7, 11) is 0. The van der Waals surface area contributed by atoms with Gasteiger partial charge in [0.15, 0.2) is 0 Å². The Balaban J connectivity index is 1.53. The number of rotatable bonds is 7. The van der Waals surface area contributed by atoms with Crippen molar-refractivity contribution in [2.45, 2.75) is 12.8 Å². The molecule has 2 aromatic rings. The third-order valence-electron chi connectivity index (χ3n) is 4.39. The second-order valence-electron chi connectivity index (χ2n) is 6.30. The maximum absolute atomic E-state index is 12.4.